The third-order valence-corrected chi connectivity index (χ3v) is 3.74. The van der Waals surface area contributed by atoms with E-state index in [1.165, 1.54) is 12.0 Å². The number of nitrogens with one attached hydrogen (secondary N) is 1. The number of pyridine rings is 1. The summed E-state index contributed by atoms with van der Waals surface area (Å²) < 4.78 is 0. The molecule has 1 aromatic rings. The van der Waals surface area contributed by atoms with E-state index in [0.29, 0.717) is 12.1 Å². The van der Waals surface area contributed by atoms with Crippen LogP contribution in [0.25, 0.3) is 0 Å². The fourth-order valence-corrected chi connectivity index (χ4v) is 2.40. The van der Waals surface area contributed by atoms with Gasteiger partial charge in [0.05, 0.1) is 0 Å². The molecule has 1 aliphatic rings. The standard InChI is InChI=1S/C15H26N4/c1-12(2)16-9-13-5-6-15(17-10-13)19-8-7-14(11-19)18(3)4/h5-6,10,12,14,16H,7-9,11H2,1-4H3. The van der Waals surface area contributed by atoms with E-state index >= 15 is 0 Å². The molecule has 0 aliphatic carbocycles. The van der Waals surface area contributed by atoms with Crippen LogP contribution in [0.3, 0.4) is 0 Å². The maximum absolute atomic E-state index is 4.60. The Bertz CT molecular complexity index is 386. The van der Waals surface area contributed by atoms with E-state index in [9.17, 15) is 0 Å². The van der Waals surface area contributed by atoms with E-state index in [4.69, 9.17) is 0 Å². The van der Waals surface area contributed by atoms with E-state index in [-0.39, 0.29) is 0 Å². The van der Waals surface area contributed by atoms with E-state index in [1.54, 1.807) is 0 Å². The summed E-state index contributed by atoms with van der Waals surface area (Å²) in [5.74, 6) is 1.11. The van der Waals surface area contributed by atoms with Gasteiger partial charge in [-0.25, -0.2) is 4.98 Å². The Morgan fingerprint density at radius 1 is 1.42 bits per heavy atom. The molecule has 0 spiro atoms. The number of nitrogens with zero attached hydrogens (tertiary/aromatic N) is 3. The first-order valence-corrected chi connectivity index (χ1v) is 7.16. The summed E-state index contributed by atoms with van der Waals surface area (Å²) in [7, 11) is 4.31. The lowest BCUT2D eigenvalue weighted by atomic mass is 10.2. The average Bonchev–Trinajstić information content (AvgIpc) is 2.86. The lowest BCUT2D eigenvalue weighted by Gasteiger charge is -2.21. The first-order valence-electron chi connectivity index (χ1n) is 7.16. The molecule has 19 heavy (non-hydrogen) atoms. The smallest absolute Gasteiger partial charge is 0.128 e. The highest BCUT2D eigenvalue weighted by Crippen LogP contribution is 2.20. The van der Waals surface area contributed by atoms with E-state index in [0.717, 1.165) is 25.5 Å². The Morgan fingerprint density at radius 3 is 2.74 bits per heavy atom. The molecule has 1 saturated heterocycles. The monoisotopic (exact) mass is 262 g/mol. The van der Waals surface area contributed by atoms with Crippen molar-refractivity contribution in [3.05, 3.63) is 23.9 Å². The second-order valence-electron chi connectivity index (χ2n) is 5.91. The van der Waals surface area contributed by atoms with Crippen molar-refractivity contribution in [2.45, 2.75) is 38.9 Å². The number of rotatable bonds is 5. The second kappa shape index (κ2) is 6.35. The summed E-state index contributed by atoms with van der Waals surface area (Å²) in [6.07, 6.45) is 3.22. The SMILES string of the molecule is CC(C)NCc1ccc(N2CCC(N(C)C)C2)nc1. The Labute approximate surface area is 116 Å². The summed E-state index contributed by atoms with van der Waals surface area (Å²) >= 11 is 0. The number of hydrogen-bond donors (Lipinski definition) is 1. The Hall–Kier alpha value is -1.13. The van der Waals surface area contributed by atoms with Crippen LogP contribution in [-0.4, -0.2) is 49.2 Å². The van der Waals surface area contributed by atoms with Crippen LogP contribution in [0.1, 0.15) is 25.8 Å². The zero-order valence-corrected chi connectivity index (χ0v) is 12.6. The average molecular weight is 262 g/mol. The van der Waals surface area contributed by atoms with Crippen molar-refractivity contribution in [3.63, 3.8) is 0 Å². The van der Waals surface area contributed by atoms with E-state index < -0.39 is 0 Å². The van der Waals surface area contributed by atoms with Gasteiger partial charge in [-0.3, -0.25) is 0 Å². The molecule has 0 radical (unpaired) electrons. The lowest BCUT2D eigenvalue weighted by Crippen LogP contribution is -2.31. The maximum atomic E-state index is 4.60. The topological polar surface area (TPSA) is 31.4 Å². The van der Waals surface area contributed by atoms with Gasteiger partial charge in [0.15, 0.2) is 0 Å². The number of aromatic nitrogens is 1. The molecule has 0 bridgehead atoms. The fourth-order valence-electron chi connectivity index (χ4n) is 2.40. The first kappa shape index (κ1) is 14.3. The fraction of sp³-hybridized carbons (Fsp3) is 0.667. The van der Waals surface area contributed by atoms with Crippen molar-refractivity contribution in [2.75, 3.05) is 32.1 Å². The predicted octanol–water partition coefficient (Wildman–Crippen LogP) is 1.72. The van der Waals surface area contributed by atoms with Crippen LogP contribution < -0.4 is 10.2 Å². The number of hydrogen-bond acceptors (Lipinski definition) is 4. The Morgan fingerprint density at radius 2 is 2.21 bits per heavy atom. The highest BCUT2D eigenvalue weighted by atomic mass is 15.3. The van der Waals surface area contributed by atoms with Gasteiger partial charge >= 0.3 is 0 Å². The molecule has 106 valence electrons. The third kappa shape index (κ3) is 3.91. The van der Waals surface area contributed by atoms with Crippen molar-refractivity contribution in [1.82, 2.24) is 15.2 Å². The molecule has 1 aliphatic heterocycles. The molecule has 0 amide bonds. The normalized spacial score (nSPS) is 19.7. The second-order valence-corrected chi connectivity index (χ2v) is 5.91. The first-order chi connectivity index (χ1) is 9.06. The van der Waals surface area contributed by atoms with Gasteiger partial charge in [0.25, 0.3) is 0 Å². The zero-order valence-electron chi connectivity index (χ0n) is 12.6. The van der Waals surface area contributed by atoms with Crippen LogP contribution in [0.2, 0.25) is 0 Å². The molecule has 2 heterocycles. The van der Waals surface area contributed by atoms with Gasteiger partial charge < -0.3 is 15.1 Å². The van der Waals surface area contributed by atoms with Gasteiger partial charge in [-0.05, 0) is 32.1 Å². The summed E-state index contributed by atoms with van der Waals surface area (Å²) in [4.78, 5) is 9.29. The van der Waals surface area contributed by atoms with Crippen LogP contribution in [0.4, 0.5) is 5.82 Å². The van der Waals surface area contributed by atoms with Gasteiger partial charge in [0, 0.05) is 37.9 Å². The van der Waals surface area contributed by atoms with Gasteiger partial charge in [0.1, 0.15) is 5.82 Å². The van der Waals surface area contributed by atoms with Crippen LogP contribution in [0, 0.1) is 0 Å². The molecular weight excluding hydrogens is 236 g/mol. The van der Waals surface area contributed by atoms with Crippen molar-refractivity contribution in [1.29, 1.82) is 0 Å². The number of likely N-dealkylation sites (N-methyl/N-ethyl adjacent to an activating group) is 1. The van der Waals surface area contributed by atoms with Crippen LogP contribution in [-0.2, 0) is 6.54 Å². The Kier molecular flexibility index (Phi) is 4.77. The minimum Gasteiger partial charge on any atom is -0.355 e. The molecule has 4 nitrogen and oxygen atoms in total. The molecule has 1 N–H and O–H groups in total. The van der Waals surface area contributed by atoms with Crippen LogP contribution in [0.15, 0.2) is 18.3 Å². The number of anilines is 1. The van der Waals surface area contributed by atoms with E-state index in [2.05, 4.69) is 60.2 Å². The molecule has 1 fully saturated rings. The van der Waals surface area contributed by atoms with Gasteiger partial charge in [0.2, 0.25) is 0 Å². The van der Waals surface area contributed by atoms with Crippen molar-refractivity contribution >= 4 is 5.82 Å². The Balaban J connectivity index is 1.92. The van der Waals surface area contributed by atoms with Gasteiger partial charge in [-0.15, -0.1) is 0 Å². The predicted molar refractivity (Wildman–Crippen MR) is 80.5 cm³/mol. The van der Waals surface area contributed by atoms with Gasteiger partial charge in [-0.1, -0.05) is 19.9 Å². The quantitative estimate of drug-likeness (QED) is 0.875. The largest absolute Gasteiger partial charge is 0.355 e. The molecule has 4 heteroatoms. The summed E-state index contributed by atoms with van der Waals surface area (Å²) in [5.41, 5.74) is 1.25. The molecule has 1 atom stereocenters. The van der Waals surface area contributed by atoms with Gasteiger partial charge in [-0.2, -0.15) is 0 Å². The van der Waals surface area contributed by atoms with Crippen molar-refractivity contribution in [2.24, 2.45) is 0 Å². The molecule has 0 aromatic carbocycles. The van der Waals surface area contributed by atoms with Crippen LogP contribution >= 0.6 is 0 Å². The summed E-state index contributed by atoms with van der Waals surface area (Å²) in [6, 6.07) is 5.50. The van der Waals surface area contributed by atoms with Crippen molar-refractivity contribution in [3.8, 4) is 0 Å². The van der Waals surface area contributed by atoms with E-state index in [1.807, 2.05) is 6.20 Å². The van der Waals surface area contributed by atoms with Crippen LogP contribution in [0.5, 0.6) is 0 Å². The minimum absolute atomic E-state index is 0.513. The molecule has 0 saturated carbocycles. The highest BCUT2D eigenvalue weighted by molar-refractivity contribution is 5.41. The van der Waals surface area contributed by atoms with Crippen molar-refractivity contribution < 1.29 is 0 Å². The molecular formula is C15H26N4. The molecule has 1 aromatic heterocycles. The highest BCUT2D eigenvalue weighted by Gasteiger charge is 2.24. The summed E-state index contributed by atoms with van der Waals surface area (Å²) in [5, 5.41) is 3.41. The minimum atomic E-state index is 0.513. The molecule has 1 unspecified atom stereocenters. The lowest BCUT2D eigenvalue weighted by molar-refractivity contribution is 0.315. The maximum Gasteiger partial charge on any atom is 0.128 e. The molecule has 2 rings (SSSR count). The zero-order chi connectivity index (χ0) is 13.8. The third-order valence-electron chi connectivity index (χ3n) is 3.74. The summed E-state index contributed by atoms with van der Waals surface area (Å²) in [6.45, 7) is 7.41.